The quantitative estimate of drug-likeness (QED) is 0.643. The van der Waals surface area contributed by atoms with Crippen LogP contribution in [0.1, 0.15) is 16.8 Å². The summed E-state index contributed by atoms with van der Waals surface area (Å²) in [5.41, 5.74) is -4.84. The molecular formula is C8H4F6N2. The SMILES string of the molecule is Cn1cc(C(F)(F)F)c(C(F)(F)F)c1C#N. The van der Waals surface area contributed by atoms with Crippen molar-refractivity contribution in [3.8, 4) is 6.07 Å². The predicted octanol–water partition coefficient (Wildman–Crippen LogP) is 2.93. The van der Waals surface area contributed by atoms with Crippen LogP contribution in [0.25, 0.3) is 0 Å². The number of nitriles is 1. The summed E-state index contributed by atoms with van der Waals surface area (Å²) in [5, 5.41) is 8.40. The zero-order valence-corrected chi connectivity index (χ0v) is 7.74. The van der Waals surface area contributed by atoms with Gasteiger partial charge in [0, 0.05) is 13.2 Å². The van der Waals surface area contributed by atoms with Crippen LogP contribution in [0.3, 0.4) is 0 Å². The number of nitrogens with zero attached hydrogens (tertiary/aromatic N) is 2. The van der Waals surface area contributed by atoms with Crippen molar-refractivity contribution in [2.24, 2.45) is 7.05 Å². The molecule has 0 aliphatic heterocycles. The lowest BCUT2D eigenvalue weighted by molar-refractivity contribution is -0.161. The maximum absolute atomic E-state index is 12.4. The summed E-state index contributed by atoms with van der Waals surface area (Å²) in [6, 6.07) is 1.11. The van der Waals surface area contributed by atoms with E-state index in [4.69, 9.17) is 5.26 Å². The third kappa shape index (κ3) is 1.98. The van der Waals surface area contributed by atoms with Crippen molar-refractivity contribution in [1.82, 2.24) is 4.57 Å². The van der Waals surface area contributed by atoms with E-state index in [1.54, 1.807) is 0 Å². The van der Waals surface area contributed by atoms with Gasteiger partial charge in [-0.1, -0.05) is 0 Å². The molecule has 8 heteroatoms. The molecule has 0 fully saturated rings. The van der Waals surface area contributed by atoms with Crippen molar-refractivity contribution < 1.29 is 26.3 Å². The van der Waals surface area contributed by atoms with E-state index in [2.05, 4.69) is 0 Å². The fourth-order valence-corrected chi connectivity index (χ4v) is 1.26. The van der Waals surface area contributed by atoms with Gasteiger partial charge in [0.2, 0.25) is 0 Å². The molecule has 1 aromatic rings. The molecule has 0 saturated carbocycles. The molecule has 0 saturated heterocycles. The molecule has 0 aliphatic carbocycles. The van der Waals surface area contributed by atoms with Crippen LogP contribution in [0.4, 0.5) is 26.3 Å². The zero-order chi connectivity index (χ0) is 12.7. The Labute approximate surface area is 85.7 Å². The number of rotatable bonds is 0. The van der Waals surface area contributed by atoms with Crippen LogP contribution in [0.2, 0.25) is 0 Å². The molecule has 0 unspecified atom stereocenters. The maximum Gasteiger partial charge on any atom is 0.419 e. The van der Waals surface area contributed by atoms with Crippen LogP contribution in [0, 0.1) is 11.3 Å². The first-order valence-corrected chi connectivity index (χ1v) is 3.83. The summed E-state index contributed by atoms with van der Waals surface area (Å²) in [7, 11) is 0.947. The van der Waals surface area contributed by atoms with Crippen LogP contribution >= 0.6 is 0 Å². The molecule has 1 heterocycles. The van der Waals surface area contributed by atoms with Gasteiger partial charge in [0.15, 0.2) is 0 Å². The highest BCUT2D eigenvalue weighted by molar-refractivity contribution is 5.43. The predicted molar refractivity (Wildman–Crippen MR) is 40.1 cm³/mol. The first-order chi connectivity index (χ1) is 7.09. The average Bonchev–Trinajstić information content (AvgIpc) is 2.40. The first-order valence-electron chi connectivity index (χ1n) is 3.83. The molecule has 0 amide bonds. The first kappa shape index (κ1) is 12.4. The van der Waals surface area contributed by atoms with E-state index in [-0.39, 0.29) is 6.20 Å². The standard InChI is InChI=1S/C8H4F6N2/c1-16-3-4(7(9,10)11)6(5(16)2-15)8(12,13)14/h3H,1H3. The number of hydrogen-bond acceptors (Lipinski definition) is 1. The van der Waals surface area contributed by atoms with Gasteiger partial charge < -0.3 is 4.57 Å². The van der Waals surface area contributed by atoms with E-state index >= 15 is 0 Å². The molecule has 0 aliphatic rings. The Morgan fingerprint density at radius 3 is 1.94 bits per heavy atom. The monoisotopic (exact) mass is 242 g/mol. The third-order valence-electron chi connectivity index (χ3n) is 1.88. The van der Waals surface area contributed by atoms with Gasteiger partial charge in [0.1, 0.15) is 17.3 Å². The second-order valence-electron chi connectivity index (χ2n) is 2.98. The molecule has 0 spiro atoms. The normalized spacial score (nSPS) is 12.6. The lowest BCUT2D eigenvalue weighted by atomic mass is 10.1. The molecule has 2 nitrogen and oxygen atoms in total. The van der Waals surface area contributed by atoms with Crippen molar-refractivity contribution in [3.63, 3.8) is 0 Å². The van der Waals surface area contributed by atoms with Gasteiger partial charge in [-0.15, -0.1) is 0 Å². The van der Waals surface area contributed by atoms with E-state index in [0.717, 1.165) is 13.1 Å². The Balaban J connectivity index is 3.61. The topological polar surface area (TPSA) is 28.7 Å². The molecule has 0 atom stereocenters. The Hall–Kier alpha value is -1.65. The number of alkyl halides is 6. The highest BCUT2D eigenvalue weighted by Crippen LogP contribution is 2.42. The van der Waals surface area contributed by atoms with Crippen molar-refractivity contribution >= 4 is 0 Å². The third-order valence-corrected chi connectivity index (χ3v) is 1.88. The van der Waals surface area contributed by atoms with E-state index in [9.17, 15) is 26.3 Å². The molecule has 1 rings (SSSR count). The minimum atomic E-state index is -5.21. The minimum absolute atomic E-state index is 0.251. The Kier molecular flexibility index (Phi) is 2.67. The lowest BCUT2D eigenvalue weighted by Crippen LogP contribution is -2.15. The van der Waals surface area contributed by atoms with Gasteiger partial charge in [-0.25, -0.2) is 0 Å². The summed E-state index contributed by atoms with van der Waals surface area (Å²) in [4.78, 5) is 0. The van der Waals surface area contributed by atoms with Gasteiger partial charge >= 0.3 is 12.4 Å². The van der Waals surface area contributed by atoms with Crippen LogP contribution in [-0.4, -0.2) is 4.57 Å². The number of aryl methyl sites for hydroxylation is 1. The minimum Gasteiger partial charge on any atom is -0.341 e. The van der Waals surface area contributed by atoms with Crippen molar-refractivity contribution in [1.29, 1.82) is 5.26 Å². The second kappa shape index (κ2) is 3.43. The molecular weight excluding hydrogens is 238 g/mol. The van der Waals surface area contributed by atoms with Crippen LogP contribution < -0.4 is 0 Å². The fourth-order valence-electron chi connectivity index (χ4n) is 1.26. The number of hydrogen-bond donors (Lipinski definition) is 0. The van der Waals surface area contributed by atoms with Gasteiger partial charge in [-0.05, 0) is 0 Å². The molecule has 0 aromatic carbocycles. The molecule has 16 heavy (non-hydrogen) atoms. The number of aromatic nitrogens is 1. The smallest absolute Gasteiger partial charge is 0.341 e. The highest BCUT2D eigenvalue weighted by atomic mass is 19.4. The molecule has 1 aromatic heterocycles. The average molecular weight is 242 g/mol. The second-order valence-corrected chi connectivity index (χ2v) is 2.98. The summed E-state index contributed by atoms with van der Waals surface area (Å²) in [6.07, 6.45) is -10.1. The summed E-state index contributed by atoms with van der Waals surface area (Å²) < 4.78 is 74.5. The highest BCUT2D eigenvalue weighted by Gasteiger charge is 2.47. The van der Waals surface area contributed by atoms with Crippen LogP contribution in [0.15, 0.2) is 6.20 Å². The number of halogens is 6. The Morgan fingerprint density at radius 1 is 1.12 bits per heavy atom. The van der Waals surface area contributed by atoms with E-state index in [0.29, 0.717) is 4.57 Å². The van der Waals surface area contributed by atoms with E-state index < -0.39 is 29.2 Å². The lowest BCUT2D eigenvalue weighted by Gasteiger charge is -2.10. The summed E-state index contributed by atoms with van der Waals surface area (Å²) >= 11 is 0. The summed E-state index contributed by atoms with van der Waals surface area (Å²) in [6.45, 7) is 0. The van der Waals surface area contributed by atoms with Crippen LogP contribution in [0.5, 0.6) is 0 Å². The van der Waals surface area contributed by atoms with Crippen molar-refractivity contribution in [2.45, 2.75) is 12.4 Å². The fraction of sp³-hybridized carbons (Fsp3) is 0.375. The molecule has 88 valence electrons. The van der Waals surface area contributed by atoms with Gasteiger partial charge in [-0.3, -0.25) is 0 Å². The largest absolute Gasteiger partial charge is 0.419 e. The summed E-state index contributed by atoms with van der Waals surface area (Å²) in [5.74, 6) is 0. The Morgan fingerprint density at radius 2 is 1.62 bits per heavy atom. The molecule has 0 N–H and O–H groups in total. The van der Waals surface area contributed by atoms with Gasteiger partial charge in [0.25, 0.3) is 0 Å². The van der Waals surface area contributed by atoms with Crippen molar-refractivity contribution in [2.75, 3.05) is 0 Å². The zero-order valence-electron chi connectivity index (χ0n) is 7.74. The van der Waals surface area contributed by atoms with E-state index in [1.807, 2.05) is 0 Å². The van der Waals surface area contributed by atoms with E-state index in [1.165, 1.54) is 0 Å². The van der Waals surface area contributed by atoms with Crippen molar-refractivity contribution in [3.05, 3.63) is 23.0 Å². The van der Waals surface area contributed by atoms with Crippen LogP contribution in [-0.2, 0) is 19.4 Å². The molecule has 0 bridgehead atoms. The van der Waals surface area contributed by atoms with Gasteiger partial charge in [-0.2, -0.15) is 31.6 Å². The maximum atomic E-state index is 12.4. The Bertz CT molecular complexity index is 445. The molecule has 0 radical (unpaired) electrons. The van der Waals surface area contributed by atoms with Gasteiger partial charge in [0.05, 0.1) is 5.56 Å².